The third kappa shape index (κ3) is 2.68. The minimum absolute atomic E-state index is 0.119. The first-order valence-corrected chi connectivity index (χ1v) is 5.15. The summed E-state index contributed by atoms with van der Waals surface area (Å²) < 4.78 is 37.3. The summed E-state index contributed by atoms with van der Waals surface area (Å²) in [5.41, 5.74) is -0.617. The summed E-state index contributed by atoms with van der Waals surface area (Å²) in [6.45, 7) is 1.41. The molecule has 0 heterocycles. The van der Waals surface area contributed by atoms with Crippen LogP contribution < -0.4 is 0 Å². The van der Waals surface area contributed by atoms with Gasteiger partial charge in [-0.1, -0.05) is 11.6 Å². The van der Waals surface area contributed by atoms with E-state index in [1.807, 2.05) is 0 Å². The zero-order valence-electron chi connectivity index (χ0n) is 8.16. The van der Waals surface area contributed by atoms with E-state index in [9.17, 15) is 18.0 Å². The molecule has 0 aliphatic rings. The zero-order chi connectivity index (χ0) is 12.5. The molecule has 0 amide bonds. The summed E-state index contributed by atoms with van der Waals surface area (Å²) in [6.07, 6.45) is -4.52. The molecular weight excluding hydrogens is 264 g/mol. The second-order valence-corrected chi connectivity index (χ2v) is 3.88. The molecule has 0 aliphatic carbocycles. The molecule has 0 fully saturated rings. The number of alkyl halides is 4. The van der Waals surface area contributed by atoms with Gasteiger partial charge in [0.2, 0.25) is 0 Å². The van der Waals surface area contributed by atoms with Crippen LogP contribution in [0.15, 0.2) is 12.1 Å². The molecule has 0 saturated carbocycles. The van der Waals surface area contributed by atoms with E-state index in [1.165, 1.54) is 6.92 Å². The molecule has 0 saturated heterocycles. The summed E-state index contributed by atoms with van der Waals surface area (Å²) >= 11 is 10.8. The third-order valence-electron chi connectivity index (χ3n) is 2.04. The maximum absolute atomic E-state index is 12.4. The van der Waals surface area contributed by atoms with E-state index in [2.05, 4.69) is 0 Å². The van der Waals surface area contributed by atoms with E-state index >= 15 is 0 Å². The number of hydrogen-bond donors (Lipinski definition) is 0. The van der Waals surface area contributed by atoms with E-state index in [0.717, 1.165) is 12.1 Å². The Morgan fingerprint density at radius 2 is 1.94 bits per heavy atom. The fraction of sp³-hybridized carbons (Fsp3) is 0.300. The van der Waals surface area contributed by atoms with Crippen molar-refractivity contribution in [3.8, 4) is 0 Å². The molecule has 0 spiro atoms. The van der Waals surface area contributed by atoms with Crippen molar-refractivity contribution >= 4 is 29.0 Å². The van der Waals surface area contributed by atoms with Gasteiger partial charge >= 0.3 is 6.18 Å². The van der Waals surface area contributed by atoms with E-state index in [4.69, 9.17) is 23.2 Å². The summed E-state index contributed by atoms with van der Waals surface area (Å²) in [4.78, 5) is 11.3. The molecule has 0 radical (unpaired) electrons. The van der Waals surface area contributed by atoms with Crippen molar-refractivity contribution < 1.29 is 18.0 Å². The van der Waals surface area contributed by atoms with E-state index in [0.29, 0.717) is 0 Å². The molecule has 1 nitrogen and oxygen atoms in total. The van der Waals surface area contributed by atoms with Crippen molar-refractivity contribution in [3.05, 3.63) is 33.8 Å². The van der Waals surface area contributed by atoms with Crippen LogP contribution in [-0.2, 0) is 6.18 Å². The van der Waals surface area contributed by atoms with E-state index in [-0.39, 0.29) is 17.0 Å². The number of ketones is 1. The molecule has 6 heteroatoms. The van der Waals surface area contributed by atoms with Crippen LogP contribution in [0.2, 0.25) is 5.02 Å². The highest BCUT2D eigenvalue weighted by Gasteiger charge is 2.34. The number of carbonyl (C=O) groups excluding carboxylic acids is 1. The standard InChI is InChI=1S/C10H7Cl2F3O/c1-5-2-7(10(13,14)15)8(12)3-6(5)9(16)4-11/h2-3H,4H2,1H3. The Bertz CT molecular complexity index is 427. The Morgan fingerprint density at radius 1 is 1.38 bits per heavy atom. The lowest BCUT2D eigenvalue weighted by Crippen LogP contribution is -2.10. The van der Waals surface area contributed by atoms with Crippen LogP contribution >= 0.6 is 23.2 Å². The first-order valence-electron chi connectivity index (χ1n) is 4.24. The number of halogens is 5. The normalized spacial score (nSPS) is 11.6. The van der Waals surface area contributed by atoms with Gasteiger partial charge in [0.05, 0.1) is 16.5 Å². The van der Waals surface area contributed by atoms with Gasteiger partial charge < -0.3 is 0 Å². The van der Waals surface area contributed by atoms with E-state index < -0.39 is 22.5 Å². The Morgan fingerprint density at radius 3 is 2.38 bits per heavy atom. The maximum atomic E-state index is 12.4. The van der Waals surface area contributed by atoms with E-state index in [1.54, 1.807) is 0 Å². The molecular formula is C10H7Cl2F3O. The van der Waals surface area contributed by atoms with Crippen molar-refractivity contribution in [2.24, 2.45) is 0 Å². The highest BCUT2D eigenvalue weighted by molar-refractivity contribution is 6.33. The first kappa shape index (κ1) is 13.3. The summed E-state index contributed by atoms with van der Waals surface area (Å²) in [7, 11) is 0. The van der Waals surface area contributed by atoms with Gasteiger partial charge in [0.25, 0.3) is 0 Å². The molecule has 16 heavy (non-hydrogen) atoms. The largest absolute Gasteiger partial charge is 0.417 e. The highest BCUT2D eigenvalue weighted by atomic mass is 35.5. The monoisotopic (exact) mass is 270 g/mol. The number of carbonyl (C=O) groups is 1. The van der Waals surface area contributed by atoms with Crippen LogP contribution in [-0.4, -0.2) is 11.7 Å². The lowest BCUT2D eigenvalue weighted by atomic mass is 10.0. The lowest BCUT2D eigenvalue weighted by Gasteiger charge is -2.12. The summed E-state index contributed by atoms with van der Waals surface area (Å²) in [5, 5.41) is -0.494. The Hall–Kier alpha value is -0.740. The van der Waals surface area contributed by atoms with Crippen LogP contribution in [0.5, 0.6) is 0 Å². The van der Waals surface area contributed by atoms with Gasteiger partial charge in [-0.2, -0.15) is 13.2 Å². The smallest absolute Gasteiger partial charge is 0.293 e. The summed E-state index contributed by atoms with van der Waals surface area (Å²) in [5.74, 6) is -0.738. The number of hydrogen-bond acceptors (Lipinski definition) is 1. The van der Waals surface area contributed by atoms with Gasteiger partial charge in [-0.25, -0.2) is 0 Å². The Kier molecular flexibility index (Phi) is 3.86. The van der Waals surface area contributed by atoms with Gasteiger partial charge in [-0.05, 0) is 24.6 Å². The Labute approximate surface area is 100 Å². The van der Waals surface area contributed by atoms with Gasteiger partial charge in [0.1, 0.15) is 0 Å². The topological polar surface area (TPSA) is 17.1 Å². The second kappa shape index (κ2) is 4.63. The average molecular weight is 271 g/mol. The third-order valence-corrected chi connectivity index (χ3v) is 2.60. The molecule has 0 N–H and O–H groups in total. The highest BCUT2D eigenvalue weighted by Crippen LogP contribution is 2.36. The fourth-order valence-corrected chi connectivity index (χ4v) is 1.69. The number of Topliss-reactive ketones (excluding diaryl/α,β-unsaturated/α-hetero) is 1. The predicted octanol–water partition coefficient (Wildman–Crippen LogP) is 4.09. The molecule has 1 rings (SSSR count). The average Bonchev–Trinajstić information content (AvgIpc) is 2.18. The molecule has 0 aromatic heterocycles. The minimum Gasteiger partial charge on any atom is -0.293 e. The molecule has 1 aromatic rings. The van der Waals surface area contributed by atoms with Crippen LogP contribution in [0.1, 0.15) is 21.5 Å². The lowest BCUT2D eigenvalue weighted by molar-refractivity contribution is -0.137. The van der Waals surface area contributed by atoms with Crippen LogP contribution in [0, 0.1) is 6.92 Å². The molecule has 0 atom stereocenters. The van der Waals surface area contributed by atoms with Crippen LogP contribution in [0.3, 0.4) is 0 Å². The predicted molar refractivity (Wildman–Crippen MR) is 56.2 cm³/mol. The zero-order valence-corrected chi connectivity index (χ0v) is 9.67. The van der Waals surface area contributed by atoms with Gasteiger partial charge in [-0.15, -0.1) is 11.6 Å². The quantitative estimate of drug-likeness (QED) is 0.585. The number of aryl methyl sites for hydroxylation is 1. The Balaban J connectivity index is 3.33. The summed E-state index contributed by atoms with van der Waals surface area (Å²) in [6, 6.07) is 1.85. The van der Waals surface area contributed by atoms with Crippen molar-refractivity contribution in [2.45, 2.75) is 13.1 Å². The van der Waals surface area contributed by atoms with Gasteiger partial charge in [0, 0.05) is 5.56 Å². The fourth-order valence-electron chi connectivity index (χ4n) is 1.27. The second-order valence-electron chi connectivity index (χ2n) is 3.20. The van der Waals surface area contributed by atoms with Crippen molar-refractivity contribution in [3.63, 3.8) is 0 Å². The van der Waals surface area contributed by atoms with Gasteiger partial charge in [-0.3, -0.25) is 4.79 Å². The van der Waals surface area contributed by atoms with Gasteiger partial charge in [0.15, 0.2) is 5.78 Å². The van der Waals surface area contributed by atoms with Crippen molar-refractivity contribution in [1.29, 1.82) is 0 Å². The van der Waals surface area contributed by atoms with Crippen LogP contribution in [0.25, 0.3) is 0 Å². The van der Waals surface area contributed by atoms with Crippen molar-refractivity contribution in [1.82, 2.24) is 0 Å². The molecule has 1 aromatic carbocycles. The van der Waals surface area contributed by atoms with Crippen LogP contribution in [0.4, 0.5) is 13.2 Å². The molecule has 0 bridgehead atoms. The maximum Gasteiger partial charge on any atom is 0.417 e. The minimum atomic E-state index is -4.52. The molecule has 0 unspecified atom stereocenters. The molecule has 0 aliphatic heterocycles. The number of rotatable bonds is 2. The SMILES string of the molecule is Cc1cc(C(F)(F)F)c(Cl)cc1C(=O)CCl. The number of benzene rings is 1. The molecule has 88 valence electrons. The van der Waals surface area contributed by atoms with Crippen molar-refractivity contribution in [2.75, 3.05) is 5.88 Å². The first-order chi connectivity index (χ1) is 7.27.